The normalized spacial score (nSPS) is 17.5. The number of amides is 2. The molecule has 0 bridgehead atoms. The number of aryl methyl sites for hydroxylation is 1. The lowest BCUT2D eigenvalue weighted by molar-refractivity contribution is -0.0586. The molecule has 1 fully saturated rings. The zero-order valence-corrected chi connectivity index (χ0v) is 14.4. The zero-order chi connectivity index (χ0) is 18.3. The molecule has 7 heteroatoms. The number of hydrogen-bond acceptors (Lipinski definition) is 6. The van der Waals surface area contributed by atoms with Crippen LogP contribution in [0.2, 0.25) is 0 Å². The lowest BCUT2D eigenvalue weighted by Gasteiger charge is -2.20. The van der Waals surface area contributed by atoms with Gasteiger partial charge in [-0.3, -0.25) is 9.59 Å². The van der Waals surface area contributed by atoms with Crippen molar-refractivity contribution in [3.63, 3.8) is 0 Å². The summed E-state index contributed by atoms with van der Waals surface area (Å²) < 4.78 is 5.21. The van der Waals surface area contributed by atoms with E-state index in [1.54, 1.807) is 19.1 Å². The molecule has 7 nitrogen and oxygen atoms in total. The molecule has 0 radical (unpaired) electrons. The molecule has 26 heavy (non-hydrogen) atoms. The largest absolute Gasteiger partial charge is 0.369 e. The van der Waals surface area contributed by atoms with E-state index in [1.807, 2.05) is 0 Å². The molecule has 134 valence electrons. The van der Waals surface area contributed by atoms with Gasteiger partial charge in [0.15, 0.2) is 0 Å². The molecule has 2 aromatic rings. The third kappa shape index (κ3) is 2.60. The summed E-state index contributed by atoms with van der Waals surface area (Å²) in [6, 6.07) is 6.37. The average molecular weight is 354 g/mol. The van der Waals surface area contributed by atoms with Gasteiger partial charge in [-0.25, -0.2) is 4.79 Å². The molecule has 4 rings (SSSR count). The number of rotatable bonds is 3. The summed E-state index contributed by atoms with van der Waals surface area (Å²) in [6.07, 6.45) is 5.17. The predicted octanol–water partition coefficient (Wildman–Crippen LogP) is 3.40. The van der Waals surface area contributed by atoms with Crippen molar-refractivity contribution in [2.75, 3.05) is 0 Å². The first-order valence-electron chi connectivity index (χ1n) is 8.74. The van der Waals surface area contributed by atoms with Crippen molar-refractivity contribution >= 4 is 17.8 Å². The quantitative estimate of drug-likeness (QED) is 0.785. The van der Waals surface area contributed by atoms with Crippen LogP contribution in [0.15, 0.2) is 28.8 Å². The second-order valence-corrected chi connectivity index (χ2v) is 6.66. The Bertz CT molecular complexity index is 860. The van der Waals surface area contributed by atoms with Crippen LogP contribution in [0.4, 0.5) is 0 Å². The summed E-state index contributed by atoms with van der Waals surface area (Å²) in [5.41, 5.74) is 1.22. The molecule has 2 amide bonds. The first-order chi connectivity index (χ1) is 12.6. The van der Waals surface area contributed by atoms with Gasteiger partial charge in [-0.15, -0.1) is 0 Å². The Hall–Kier alpha value is -2.96. The van der Waals surface area contributed by atoms with E-state index in [-0.39, 0.29) is 22.6 Å². The summed E-state index contributed by atoms with van der Waals surface area (Å²) in [4.78, 5) is 42.6. The van der Waals surface area contributed by atoms with Crippen LogP contribution in [0.3, 0.4) is 0 Å². The number of carbonyl (C=O) groups excluding carboxylic acids is 3. The Morgan fingerprint density at radius 2 is 1.73 bits per heavy atom. The molecule has 0 unspecified atom stereocenters. The third-order valence-electron chi connectivity index (χ3n) is 5.02. The minimum atomic E-state index is -0.793. The lowest BCUT2D eigenvalue weighted by Crippen LogP contribution is -2.33. The maximum Gasteiger partial charge on any atom is 0.369 e. The molecule has 1 saturated carbocycles. The Balaban J connectivity index is 1.59. The van der Waals surface area contributed by atoms with Crippen molar-refractivity contribution in [2.45, 2.75) is 44.9 Å². The van der Waals surface area contributed by atoms with E-state index in [1.165, 1.54) is 18.6 Å². The second-order valence-electron chi connectivity index (χ2n) is 6.66. The Labute approximate surface area is 149 Å². The lowest BCUT2D eigenvalue weighted by atomic mass is 9.85. The third-order valence-corrected chi connectivity index (χ3v) is 5.02. The highest BCUT2D eigenvalue weighted by atomic mass is 16.7. The summed E-state index contributed by atoms with van der Waals surface area (Å²) in [5.74, 6) is -1.63. The van der Waals surface area contributed by atoms with E-state index in [0.717, 1.165) is 25.7 Å². The summed E-state index contributed by atoms with van der Waals surface area (Å²) >= 11 is 0. The smallest absolute Gasteiger partial charge is 0.360 e. The molecule has 1 aliphatic carbocycles. The molecule has 0 spiro atoms. The van der Waals surface area contributed by atoms with Gasteiger partial charge in [-0.05, 0) is 31.9 Å². The van der Waals surface area contributed by atoms with Crippen LogP contribution in [-0.4, -0.2) is 28.0 Å². The number of hydroxylamine groups is 2. The van der Waals surface area contributed by atoms with Crippen LogP contribution < -0.4 is 0 Å². The van der Waals surface area contributed by atoms with E-state index in [9.17, 15) is 14.4 Å². The van der Waals surface area contributed by atoms with Crippen molar-refractivity contribution in [3.05, 3.63) is 52.4 Å². The van der Waals surface area contributed by atoms with Crippen LogP contribution >= 0.6 is 0 Å². The van der Waals surface area contributed by atoms with Crippen molar-refractivity contribution in [1.82, 2.24) is 10.2 Å². The molecule has 0 saturated heterocycles. The van der Waals surface area contributed by atoms with Crippen molar-refractivity contribution in [2.24, 2.45) is 0 Å². The number of aromatic nitrogens is 1. The molecular weight excluding hydrogens is 336 g/mol. The van der Waals surface area contributed by atoms with Gasteiger partial charge in [-0.1, -0.05) is 41.6 Å². The number of carbonyl (C=O) groups is 3. The molecular formula is C19H18N2O5. The van der Waals surface area contributed by atoms with Gasteiger partial charge in [0.05, 0.1) is 11.1 Å². The summed E-state index contributed by atoms with van der Waals surface area (Å²) in [6.45, 7) is 1.62. The number of hydrogen-bond donors (Lipinski definition) is 0. The Morgan fingerprint density at radius 1 is 1.12 bits per heavy atom. The Kier molecular flexibility index (Phi) is 4.06. The van der Waals surface area contributed by atoms with Crippen LogP contribution in [-0.2, 0) is 4.84 Å². The highest BCUT2D eigenvalue weighted by Crippen LogP contribution is 2.35. The minimum Gasteiger partial charge on any atom is -0.360 e. The van der Waals surface area contributed by atoms with Gasteiger partial charge in [0.2, 0.25) is 0 Å². The molecule has 0 atom stereocenters. The second kappa shape index (κ2) is 6.40. The number of fused-ring (bicyclic) bond motifs is 1. The topological polar surface area (TPSA) is 89.7 Å². The minimum absolute atomic E-state index is 0.130. The van der Waals surface area contributed by atoms with Crippen molar-refractivity contribution < 1.29 is 23.7 Å². The van der Waals surface area contributed by atoms with Crippen molar-refractivity contribution in [3.8, 4) is 0 Å². The highest BCUT2D eigenvalue weighted by molar-refractivity contribution is 6.21. The molecule has 1 aromatic carbocycles. The van der Waals surface area contributed by atoms with E-state index >= 15 is 0 Å². The fourth-order valence-electron chi connectivity index (χ4n) is 3.67. The van der Waals surface area contributed by atoms with Crippen LogP contribution in [0.25, 0.3) is 0 Å². The molecule has 1 aliphatic heterocycles. The first-order valence-corrected chi connectivity index (χ1v) is 8.74. The van der Waals surface area contributed by atoms with E-state index < -0.39 is 17.8 Å². The first kappa shape index (κ1) is 16.5. The highest BCUT2D eigenvalue weighted by Gasteiger charge is 2.40. The van der Waals surface area contributed by atoms with Gasteiger partial charge in [0.25, 0.3) is 11.8 Å². The van der Waals surface area contributed by atoms with Gasteiger partial charge < -0.3 is 9.36 Å². The standard InChI is InChI=1S/C19H18N2O5/c1-11-15(16(20-25-11)12-7-3-2-4-8-12)19(24)26-21-17(22)13-9-5-6-10-14(13)18(21)23/h5-6,9-10,12H,2-4,7-8H2,1H3. The van der Waals surface area contributed by atoms with Gasteiger partial charge in [0.1, 0.15) is 17.0 Å². The van der Waals surface area contributed by atoms with E-state index in [4.69, 9.17) is 9.36 Å². The van der Waals surface area contributed by atoms with E-state index in [2.05, 4.69) is 5.16 Å². The fourth-order valence-corrected chi connectivity index (χ4v) is 3.67. The molecule has 0 N–H and O–H groups in total. The van der Waals surface area contributed by atoms with Gasteiger partial charge >= 0.3 is 5.97 Å². The molecule has 2 heterocycles. The summed E-state index contributed by atoms with van der Waals surface area (Å²) in [5, 5.41) is 4.57. The average Bonchev–Trinajstić information content (AvgIpc) is 3.16. The van der Waals surface area contributed by atoms with Crippen molar-refractivity contribution in [1.29, 1.82) is 0 Å². The maximum atomic E-state index is 12.7. The SMILES string of the molecule is Cc1onc(C2CCCCC2)c1C(=O)ON1C(=O)c2ccccc2C1=O. The van der Waals surface area contributed by atoms with Gasteiger partial charge in [-0.2, -0.15) is 0 Å². The summed E-state index contributed by atoms with van der Waals surface area (Å²) in [7, 11) is 0. The fraction of sp³-hybridized carbons (Fsp3) is 0.368. The number of benzene rings is 1. The monoisotopic (exact) mass is 354 g/mol. The maximum absolute atomic E-state index is 12.7. The van der Waals surface area contributed by atoms with Crippen LogP contribution in [0, 0.1) is 6.92 Å². The molecule has 1 aromatic heterocycles. The van der Waals surface area contributed by atoms with E-state index in [0.29, 0.717) is 16.5 Å². The zero-order valence-electron chi connectivity index (χ0n) is 14.4. The van der Waals surface area contributed by atoms with Crippen LogP contribution in [0.5, 0.6) is 0 Å². The molecule has 2 aliphatic rings. The number of imide groups is 1. The Morgan fingerprint density at radius 3 is 2.35 bits per heavy atom. The van der Waals surface area contributed by atoms with Gasteiger partial charge in [0, 0.05) is 5.92 Å². The van der Waals surface area contributed by atoms with Crippen LogP contribution in [0.1, 0.15) is 80.6 Å². The predicted molar refractivity (Wildman–Crippen MR) is 89.4 cm³/mol. The number of nitrogens with zero attached hydrogens (tertiary/aromatic N) is 2.